The molecule has 0 radical (unpaired) electrons. The first-order valence-corrected chi connectivity index (χ1v) is 6.83. The van der Waals surface area contributed by atoms with E-state index in [1.165, 1.54) is 12.8 Å². The summed E-state index contributed by atoms with van der Waals surface area (Å²) in [5.74, 6) is 0.723. The van der Waals surface area contributed by atoms with E-state index in [0.717, 1.165) is 31.2 Å². The SMILES string of the molecule is N#Cc1cc(Cl)ccc1N1C[C@@H]2CCCN[C@@H]2C1. The summed E-state index contributed by atoms with van der Waals surface area (Å²) in [6.07, 6.45) is 2.56. The lowest BCUT2D eigenvalue weighted by atomic mass is 9.94. The van der Waals surface area contributed by atoms with E-state index < -0.39 is 0 Å². The molecule has 0 bridgehead atoms. The van der Waals surface area contributed by atoms with E-state index in [4.69, 9.17) is 11.6 Å². The zero-order chi connectivity index (χ0) is 12.5. The molecule has 4 heteroatoms. The Bertz CT molecular complexity index is 480. The van der Waals surface area contributed by atoms with Crippen molar-refractivity contribution in [3.05, 3.63) is 28.8 Å². The Labute approximate surface area is 112 Å². The summed E-state index contributed by atoms with van der Waals surface area (Å²) >= 11 is 5.94. The maximum absolute atomic E-state index is 9.21. The molecule has 0 unspecified atom stereocenters. The quantitative estimate of drug-likeness (QED) is 0.844. The van der Waals surface area contributed by atoms with Crippen LogP contribution in [-0.2, 0) is 0 Å². The average molecular weight is 262 g/mol. The highest BCUT2D eigenvalue weighted by Gasteiger charge is 2.34. The van der Waals surface area contributed by atoms with Gasteiger partial charge < -0.3 is 10.2 Å². The first-order chi connectivity index (χ1) is 8.78. The molecule has 1 N–H and O–H groups in total. The van der Waals surface area contributed by atoms with Crippen LogP contribution in [0.4, 0.5) is 5.69 Å². The molecule has 3 nitrogen and oxygen atoms in total. The highest BCUT2D eigenvalue weighted by Crippen LogP contribution is 2.31. The van der Waals surface area contributed by atoms with Gasteiger partial charge in [-0.1, -0.05) is 11.6 Å². The van der Waals surface area contributed by atoms with Gasteiger partial charge in [0.2, 0.25) is 0 Å². The molecule has 0 aromatic heterocycles. The Kier molecular flexibility index (Phi) is 3.15. The van der Waals surface area contributed by atoms with Crippen LogP contribution < -0.4 is 10.2 Å². The number of hydrogen-bond donors (Lipinski definition) is 1. The van der Waals surface area contributed by atoms with Gasteiger partial charge in [0, 0.05) is 24.2 Å². The molecule has 2 aliphatic rings. The summed E-state index contributed by atoms with van der Waals surface area (Å²) in [6.45, 7) is 3.18. The number of anilines is 1. The van der Waals surface area contributed by atoms with E-state index in [9.17, 15) is 5.26 Å². The lowest BCUT2D eigenvalue weighted by molar-refractivity contribution is 0.340. The van der Waals surface area contributed by atoms with Crippen LogP contribution in [0.2, 0.25) is 5.02 Å². The molecule has 0 amide bonds. The first-order valence-electron chi connectivity index (χ1n) is 6.46. The van der Waals surface area contributed by atoms with Gasteiger partial charge in [-0.25, -0.2) is 0 Å². The summed E-state index contributed by atoms with van der Waals surface area (Å²) < 4.78 is 0. The zero-order valence-corrected chi connectivity index (χ0v) is 11.0. The maximum Gasteiger partial charge on any atom is 0.101 e. The minimum absolute atomic E-state index is 0.584. The Morgan fingerprint density at radius 1 is 1.39 bits per heavy atom. The predicted octanol–water partition coefficient (Wildman–Crippen LogP) is 2.40. The van der Waals surface area contributed by atoms with Crippen LogP contribution in [0.3, 0.4) is 0 Å². The second-order valence-corrected chi connectivity index (χ2v) is 5.58. The molecule has 0 spiro atoms. The molecule has 3 rings (SSSR count). The number of benzene rings is 1. The van der Waals surface area contributed by atoms with Crippen molar-refractivity contribution in [1.29, 1.82) is 5.26 Å². The zero-order valence-electron chi connectivity index (χ0n) is 10.2. The van der Waals surface area contributed by atoms with Crippen LogP contribution >= 0.6 is 11.6 Å². The molecule has 2 atom stereocenters. The summed E-state index contributed by atoms with van der Waals surface area (Å²) in [6, 6.07) is 8.43. The number of fused-ring (bicyclic) bond motifs is 1. The fraction of sp³-hybridized carbons (Fsp3) is 0.500. The average Bonchev–Trinajstić information content (AvgIpc) is 2.82. The third kappa shape index (κ3) is 2.07. The van der Waals surface area contributed by atoms with Gasteiger partial charge in [0.1, 0.15) is 6.07 Å². The van der Waals surface area contributed by atoms with Crippen molar-refractivity contribution in [2.45, 2.75) is 18.9 Å². The Morgan fingerprint density at radius 3 is 3.06 bits per heavy atom. The number of nitrogens with one attached hydrogen (secondary N) is 1. The van der Waals surface area contributed by atoms with Gasteiger partial charge in [0.15, 0.2) is 0 Å². The lowest BCUT2D eigenvalue weighted by Gasteiger charge is -2.24. The summed E-state index contributed by atoms with van der Waals surface area (Å²) in [5, 5.41) is 13.4. The third-order valence-electron chi connectivity index (χ3n) is 4.02. The summed E-state index contributed by atoms with van der Waals surface area (Å²) in [4.78, 5) is 2.32. The number of piperidine rings is 1. The van der Waals surface area contributed by atoms with Crippen molar-refractivity contribution in [1.82, 2.24) is 5.32 Å². The van der Waals surface area contributed by atoms with Crippen LogP contribution in [0.15, 0.2) is 18.2 Å². The number of nitrogens with zero attached hydrogens (tertiary/aromatic N) is 2. The van der Waals surface area contributed by atoms with E-state index in [2.05, 4.69) is 16.3 Å². The van der Waals surface area contributed by atoms with Crippen LogP contribution in [-0.4, -0.2) is 25.7 Å². The molecule has 94 valence electrons. The van der Waals surface area contributed by atoms with E-state index in [-0.39, 0.29) is 0 Å². The second-order valence-electron chi connectivity index (χ2n) is 5.14. The number of halogens is 1. The minimum atomic E-state index is 0.584. The predicted molar refractivity (Wildman–Crippen MR) is 72.9 cm³/mol. The van der Waals surface area contributed by atoms with Crippen LogP contribution in [0.1, 0.15) is 18.4 Å². The molecule has 2 heterocycles. The Hall–Kier alpha value is -1.24. The van der Waals surface area contributed by atoms with Gasteiger partial charge in [-0.2, -0.15) is 5.26 Å². The number of rotatable bonds is 1. The smallest absolute Gasteiger partial charge is 0.101 e. The van der Waals surface area contributed by atoms with E-state index in [1.54, 1.807) is 6.07 Å². The molecular formula is C14H16ClN3. The van der Waals surface area contributed by atoms with Crippen molar-refractivity contribution in [3.63, 3.8) is 0 Å². The molecule has 2 saturated heterocycles. The van der Waals surface area contributed by atoms with Crippen molar-refractivity contribution in [3.8, 4) is 6.07 Å². The maximum atomic E-state index is 9.21. The molecular weight excluding hydrogens is 246 g/mol. The molecule has 2 aliphatic heterocycles. The van der Waals surface area contributed by atoms with Crippen LogP contribution in [0.5, 0.6) is 0 Å². The van der Waals surface area contributed by atoms with Gasteiger partial charge in [-0.15, -0.1) is 0 Å². The molecule has 1 aromatic rings. The Morgan fingerprint density at radius 2 is 2.28 bits per heavy atom. The largest absolute Gasteiger partial charge is 0.369 e. The van der Waals surface area contributed by atoms with Crippen molar-refractivity contribution in [2.75, 3.05) is 24.5 Å². The topological polar surface area (TPSA) is 39.1 Å². The molecule has 18 heavy (non-hydrogen) atoms. The second kappa shape index (κ2) is 4.79. The van der Waals surface area contributed by atoms with Crippen LogP contribution in [0.25, 0.3) is 0 Å². The molecule has 1 aromatic carbocycles. The molecule has 0 aliphatic carbocycles. The molecule has 2 fully saturated rings. The highest BCUT2D eigenvalue weighted by atomic mass is 35.5. The normalized spacial score (nSPS) is 26.8. The fourth-order valence-corrected chi connectivity index (χ4v) is 3.29. The van der Waals surface area contributed by atoms with Gasteiger partial charge in [0.25, 0.3) is 0 Å². The minimum Gasteiger partial charge on any atom is -0.369 e. The van der Waals surface area contributed by atoms with Crippen molar-refractivity contribution >= 4 is 17.3 Å². The standard InChI is InChI=1S/C14H16ClN3/c15-12-3-4-14(11(6-12)7-16)18-8-10-2-1-5-17-13(10)9-18/h3-4,6,10,13,17H,1-2,5,8-9H2/t10-,13+/m0/s1. The third-order valence-corrected chi connectivity index (χ3v) is 4.25. The monoisotopic (exact) mass is 261 g/mol. The number of hydrogen-bond acceptors (Lipinski definition) is 3. The van der Waals surface area contributed by atoms with E-state index in [1.807, 2.05) is 12.1 Å². The van der Waals surface area contributed by atoms with Gasteiger partial charge in [-0.05, 0) is 43.5 Å². The molecule has 0 saturated carbocycles. The van der Waals surface area contributed by atoms with E-state index >= 15 is 0 Å². The highest BCUT2D eigenvalue weighted by molar-refractivity contribution is 6.30. The number of nitriles is 1. The summed E-state index contributed by atoms with van der Waals surface area (Å²) in [5.41, 5.74) is 1.71. The van der Waals surface area contributed by atoms with Gasteiger partial charge in [-0.3, -0.25) is 0 Å². The lowest BCUT2D eigenvalue weighted by Crippen LogP contribution is -2.40. The van der Waals surface area contributed by atoms with Gasteiger partial charge >= 0.3 is 0 Å². The van der Waals surface area contributed by atoms with Crippen molar-refractivity contribution < 1.29 is 0 Å². The Balaban J connectivity index is 1.86. The summed E-state index contributed by atoms with van der Waals surface area (Å²) in [7, 11) is 0. The fourth-order valence-electron chi connectivity index (χ4n) is 3.12. The first kappa shape index (κ1) is 11.8. The van der Waals surface area contributed by atoms with Crippen LogP contribution in [0, 0.1) is 17.2 Å². The van der Waals surface area contributed by atoms with Crippen molar-refractivity contribution in [2.24, 2.45) is 5.92 Å². The van der Waals surface area contributed by atoms with E-state index in [0.29, 0.717) is 16.6 Å². The van der Waals surface area contributed by atoms with Gasteiger partial charge in [0.05, 0.1) is 11.3 Å².